The molecule has 126 valence electrons. The molecule has 1 aromatic heterocycles. The normalized spacial score (nSPS) is 17.2. The highest BCUT2D eigenvalue weighted by molar-refractivity contribution is 5.56. The zero-order chi connectivity index (χ0) is 18.0. The van der Waals surface area contributed by atoms with E-state index in [2.05, 4.69) is 4.98 Å². The second kappa shape index (κ2) is 6.45. The third-order valence-corrected chi connectivity index (χ3v) is 4.35. The van der Waals surface area contributed by atoms with Gasteiger partial charge in [0.05, 0.1) is 17.2 Å². The molecule has 1 fully saturated rings. The van der Waals surface area contributed by atoms with Gasteiger partial charge in [-0.15, -0.1) is 0 Å². The second-order valence-corrected chi connectivity index (χ2v) is 5.86. The van der Waals surface area contributed by atoms with Crippen molar-refractivity contribution in [3.05, 3.63) is 58.9 Å². The van der Waals surface area contributed by atoms with Crippen molar-refractivity contribution in [2.24, 2.45) is 0 Å². The van der Waals surface area contributed by atoms with Gasteiger partial charge >= 0.3 is 6.18 Å². The van der Waals surface area contributed by atoms with Gasteiger partial charge in [0.1, 0.15) is 11.8 Å². The highest BCUT2D eigenvalue weighted by atomic mass is 19.4. The lowest BCUT2D eigenvalue weighted by atomic mass is 10.0. The summed E-state index contributed by atoms with van der Waals surface area (Å²) in [6, 6.07) is 10.8. The van der Waals surface area contributed by atoms with Crippen molar-refractivity contribution in [3.63, 3.8) is 0 Å². The number of pyridine rings is 1. The molecular weight excluding hydrogens is 329 g/mol. The van der Waals surface area contributed by atoms with Gasteiger partial charge in [0.15, 0.2) is 0 Å². The van der Waals surface area contributed by atoms with E-state index in [1.54, 1.807) is 24.4 Å². The van der Waals surface area contributed by atoms with Crippen LogP contribution < -0.4 is 4.90 Å². The van der Waals surface area contributed by atoms with Crippen LogP contribution in [0.25, 0.3) is 0 Å². The van der Waals surface area contributed by atoms with Crippen molar-refractivity contribution in [3.8, 4) is 12.1 Å². The molecule has 1 aromatic carbocycles. The quantitative estimate of drug-likeness (QED) is 0.832. The largest absolute Gasteiger partial charge is 0.417 e. The van der Waals surface area contributed by atoms with Gasteiger partial charge in [0, 0.05) is 30.9 Å². The number of aromatic nitrogens is 1. The van der Waals surface area contributed by atoms with E-state index in [0.717, 1.165) is 18.1 Å². The maximum Gasteiger partial charge on any atom is 0.417 e. The number of rotatable bonds is 2. The molecule has 1 aliphatic rings. The Morgan fingerprint density at radius 3 is 2.52 bits per heavy atom. The van der Waals surface area contributed by atoms with Gasteiger partial charge in [-0.2, -0.15) is 23.7 Å². The molecule has 0 bridgehead atoms. The Hall–Kier alpha value is -3.06. The lowest BCUT2D eigenvalue weighted by Crippen LogP contribution is -2.20. The van der Waals surface area contributed by atoms with E-state index in [0.29, 0.717) is 24.5 Å². The highest BCUT2D eigenvalue weighted by Gasteiger charge is 2.35. The molecule has 1 atom stereocenters. The van der Waals surface area contributed by atoms with Crippen LogP contribution in [0.15, 0.2) is 36.5 Å². The molecule has 2 aromatic rings. The summed E-state index contributed by atoms with van der Waals surface area (Å²) in [6.45, 7) is 1.19. The summed E-state index contributed by atoms with van der Waals surface area (Å²) in [7, 11) is 0. The summed E-state index contributed by atoms with van der Waals surface area (Å²) in [5, 5.41) is 17.7. The summed E-state index contributed by atoms with van der Waals surface area (Å²) in [4.78, 5) is 5.92. The lowest BCUT2D eigenvalue weighted by molar-refractivity contribution is -0.137. The van der Waals surface area contributed by atoms with Crippen molar-refractivity contribution in [2.45, 2.75) is 18.5 Å². The van der Waals surface area contributed by atoms with Crippen LogP contribution in [0.3, 0.4) is 0 Å². The fourth-order valence-corrected chi connectivity index (χ4v) is 3.04. The number of benzene rings is 1. The monoisotopic (exact) mass is 342 g/mol. The van der Waals surface area contributed by atoms with E-state index >= 15 is 0 Å². The van der Waals surface area contributed by atoms with Crippen molar-refractivity contribution >= 4 is 5.69 Å². The van der Waals surface area contributed by atoms with Crippen molar-refractivity contribution in [2.75, 3.05) is 18.0 Å². The predicted octanol–water partition coefficient (Wildman–Crippen LogP) is 3.84. The molecule has 0 amide bonds. The Balaban J connectivity index is 1.82. The number of halogens is 3. The average molecular weight is 342 g/mol. The third kappa shape index (κ3) is 3.41. The second-order valence-electron chi connectivity index (χ2n) is 5.86. The molecule has 1 unspecified atom stereocenters. The first-order valence-corrected chi connectivity index (χ1v) is 7.64. The minimum absolute atomic E-state index is 0.144. The smallest absolute Gasteiger partial charge is 0.371 e. The first-order chi connectivity index (χ1) is 11.9. The van der Waals surface area contributed by atoms with Crippen LogP contribution in [0.5, 0.6) is 0 Å². The zero-order valence-corrected chi connectivity index (χ0v) is 13.1. The molecule has 0 spiro atoms. The van der Waals surface area contributed by atoms with Gasteiger partial charge in [-0.1, -0.05) is 6.07 Å². The van der Waals surface area contributed by atoms with Crippen LogP contribution in [-0.2, 0) is 6.18 Å². The standard InChI is InChI=1S/C18H13F3N4/c19-18(20,21)17-7-16(4-2-12(17)8-22)25-6-5-14(11-25)13-1-3-15(9-23)24-10-13/h1-4,7,10,14H,5-6,11H2. The summed E-state index contributed by atoms with van der Waals surface area (Å²) < 4.78 is 39.3. The SMILES string of the molecule is N#Cc1ccc(C2CCN(c3ccc(C#N)c(C(F)(F)F)c3)C2)cn1. The summed E-state index contributed by atoms with van der Waals surface area (Å²) in [6.07, 6.45) is -2.13. The van der Waals surface area contributed by atoms with Crippen LogP contribution in [0.4, 0.5) is 18.9 Å². The maximum atomic E-state index is 13.1. The Bertz CT molecular complexity index is 860. The molecule has 25 heavy (non-hydrogen) atoms. The van der Waals surface area contributed by atoms with Gasteiger partial charge in [0.2, 0.25) is 0 Å². The van der Waals surface area contributed by atoms with Crippen molar-refractivity contribution in [1.29, 1.82) is 10.5 Å². The minimum atomic E-state index is -4.56. The van der Waals surface area contributed by atoms with Crippen molar-refractivity contribution in [1.82, 2.24) is 4.98 Å². The van der Waals surface area contributed by atoms with E-state index in [1.807, 2.05) is 17.0 Å². The average Bonchev–Trinajstić information content (AvgIpc) is 3.10. The number of anilines is 1. The highest BCUT2D eigenvalue weighted by Crippen LogP contribution is 2.36. The molecule has 1 aliphatic heterocycles. The fraction of sp³-hybridized carbons (Fsp3) is 0.278. The molecule has 0 saturated carbocycles. The molecule has 0 aliphatic carbocycles. The number of hydrogen-bond acceptors (Lipinski definition) is 4. The van der Waals surface area contributed by atoms with E-state index in [1.165, 1.54) is 6.07 Å². The van der Waals surface area contributed by atoms with Gasteiger partial charge in [-0.05, 0) is 36.2 Å². The van der Waals surface area contributed by atoms with Crippen LogP contribution in [-0.4, -0.2) is 18.1 Å². The van der Waals surface area contributed by atoms with Crippen LogP contribution in [0, 0.1) is 22.7 Å². The Morgan fingerprint density at radius 1 is 1.12 bits per heavy atom. The summed E-state index contributed by atoms with van der Waals surface area (Å²) in [5.41, 5.74) is 0.474. The van der Waals surface area contributed by atoms with E-state index in [9.17, 15) is 13.2 Å². The molecule has 4 nitrogen and oxygen atoms in total. The van der Waals surface area contributed by atoms with Gasteiger partial charge in [-0.3, -0.25) is 0 Å². The lowest BCUT2D eigenvalue weighted by Gasteiger charge is -2.21. The topological polar surface area (TPSA) is 63.7 Å². The molecule has 1 saturated heterocycles. The molecule has 7 heteroatoms. The Kier molecular flexibility index (Phi) is 4.33. The van der Waals surface area contributed by atoms with Crippen LogP contribution >= 0.6 is 0 Å². The van der Waals surface area contributed by atoms with E-state index in [4.69, 9.17) is 10.5 Å². The Morgan fingerprint density at radius 2 is 1.92 bits per heavy atom. The third-order valence-electron chi connectivity index (χ3n) is 4.35. The molecule has 2 heterocycles. The van der Waals surface area contributed by atoms with Crippen LogP contribution in [0.1, 0.15) is 34.7 Å². The maximum absolute atomic E-state index is 13.1. The minimum Gasteiger partial charge on any atom is -0.371 e. The first-order valence-electron chi connectivity index (χ1n) is 7.64. The summed E-state index contributed by atoms with van der Waals surface area (Å²) >= 11 is 0. The van der Waals surface area contributed by atoms with Gasteiger partial charge in [0.25, 0.3) is 0 Å². The van der Waals surface area contributed by atoms with Gasteiger partial charge in [-0.25, -0.2) is 4.98 Å². The predicted molar refractivity (Wildman–Crippen MR) is 84.7 cm³/mol. The molecule has 0 radical (unpaired) electrons. The number of nitrogens with zero attached hydrogens (tertiary/aromatic N) is 4. The van der Waals surface area contributed by atoms with Gasteiger partial charge < -0.3 is 4.90 Å². The molecular formula is C18H13F3N4. The first kappa shape index (κ1) is 16.8. The van der Waals surface area contributed by atoms with E-state index in [-0.39, 0.29) is 11.5 Å². The van der Waals surface area contributed by atoms with Crippen LogP contribution in [0.2, 0.25) is 0 Å². The molecule has 3 rings (SSSR count). The Labute approximate surface area is 142 Å². The summed E-state index contributed by atoms with van der Waals surface area (Å²) in [5.74, 6) is 0.144. The number of alkyl halides is 3. The zero-order valence-electron chi connectivity index (χ0n) is 13.1. The number of hydrogen-bond donors (Lipinski definition) is 0. The molecule has 0 N–H and O–H groups in total. The van der Waals surface area contributed by atoms with Crippen molar-refractivity contribution < 1.29 is 13.2 Å². The van der Waals surface area contributed by atoms with E-state index < -0.39 is 11.7 Å². The number of nitriles is 2. The fourth-order valence-electron chi connectivity index (χ4n) is 3.04.